The van der Waals surface area contributed by atoms with E-state index in [9.17, 15) is 8.78 Å². The highest BCUT2D eigenvalue weighted by atomic mass is 127. The summed E-state index contributed by atoms with van der Waals surface area (Å²) in [5.41, 5.74) is 0. The van der Waals surface area contributed by atoms with Crippen molar-refractivity contribution in [2.24, 2.45) is 4.99 Å². The first kappa shape index (κ1) is 21.2. The molecular formula is C14H22F2IN3OS. The molecule has 0 saturated carbocycles. The Morgan fingerprint density at radius 3 is 2.68 bits per heavy atom. The molecule has 0 aliphatic heterocycles. The van der Waals surface area contributed by atoms with Crippen molar-refractivity contribution < 1.29 is 13.5 Å². The van der Waals surface area contributed by atoms with Crippen molar-refractivity contribution in [2.45, 2.75) is 6.92 Å². The minimum atomic E-state index is -0.910. The Hall–Kier alpha value is -0.770. The van der Waals surface area contributed by atoms with Gasteiger partial charge in [-0.2, -0.15) is 11.8 Å². The zero-order valence-electron chi connectivity index (χ0n) is 12.7. The molecule has 0 fully saturated rings. The molecule has 0 bridgehead atoms. The summed E-state index contributed by atoms with van der Waals surface area (Å²) in [7, 11) is 0. The van der Waals surface area contributed by atoms with Gasteiger partial charge in [-0.3, -0.25) is 4.99 Å². The zero-order valence-corrected chi connectivity index (χ0v) is 15.8. The predicted molar refractivity (Wildman–Crippen MR) is 99.6 cm³/mol. The van der Waals surface area contributed by atoms with Gasteiger partial charge in [0.05, 0.1) is 13.1 Å². The Morgan fingerprint density at radius 1 is 1.27 bits per heavy atom. The summed E-state index contributed by atoms with van der Waals surface area (Å²) in [4.78, 5) is 4.38. The first-order valence-electron chi connectivity index (χ1n) is 6.76. The molecule has 1 aromatic rings. The van der Waals surface area contributed by atoms with Gasteiger partial charge in [0.1, 0.15) is 12.4 Å². The lowest BCUT2D eigenvalue weighted by atomic mass is 10.3. The van der Waals surface area contributed by atoms with Crippen molar-refractivity contribution in [3.8, 4) is 5.75 Å². The standard InChI is InChI=1S/C14H21F2N3OS.HI/c1-3-17-14(19-7-9-21-2)18-6-8-20-11-4-5-12(15)13(16)10-11;/h4-5,10H,3,6-9H2,1-2H3,(H2,17,18,19);1H. The number of hydrogen-bond acceptors (Lipinski definition) is 3. The van der Waals surface area contributed by atoms with Crippen molar-refractivity contribution in [1.29, 1.82) is 0 Å². The van der Waals surface area contributed by atoms with Gasteiger partial charge in [-0.15, -0.1) is 24.0 Å². The number of aliphatic imine (C=N–C) groups is 1. The fraction of sp³-hybridized carbons (Fsp3) is 0.500. The summed E-state index contributed by atoms with van der Waals surface area (Å²) < 4.78 is 31.1. The maximum absolute atomic E-state index is 13.0. The Kier molecular flexibility index (Phi) is 12.3. The number of halogens is 3. The van der Waals surface area contributed by atoms with E-state index in [1.807, 2.05) is 13.2 Å². The average Bonchev–Trinajstić information content (AvgIpc) is 2.47. The summed E-state index contributed by atoms with van der Waals surface area (Å²) in [6.45, 7) is 4.35. The van der Waals surface area contributed by atoms with Crippen molar-refractivity contribution in [1.82, 2.24) is 10.6 Å². The Labute approximate surface area is 151 Å². The van der Waals surface area contributed by atoms with Crippen LogP contribution in [0, 0.1) is 11.6 Å². The number of hydrogen-bond donors (Lipinski definition) is 2. The molecule has 0 atom stereocenters. The fourth-order valence-corrected chi connectivity index (χ4v) is 1.77. The maximum Gasteiger partial charge on any atom is 0.191 e. The van der Waals surface area contributed by atoms with Crippen LogP contribution in [0.25, 0.3) is 0 Å². The van der Waals surface area contributed by atoms with E-state index in [-0.39, 0.29) is 24.0 Å². The van der Waals surface area contributed by atoms with E-state index in [2.05, 4.69) is 15.6 Å². The van der Waals surface area contributed by atoms with Gasteiger partial charge in [0.2, 0.25) is 0 Å². The van der Waals surface area contributed by atoms with Crippen molar-refractivity contribution >= 4 is 41.7 Å². The second kappa shape index (κ2) is 12.7. The molecule has 0 aliphatic rings. The van der Waals surface area contributed by atoms with E-state index in [0.717, 1.165) is 36.9 Å². The third-order valence-corrected chi connectivity index (χ3v) is 3.05. The molecule has 0 unspecified atom stereocenters. The second-order valence-corrected chi connectivity index (χ2v) is 5.09. The molecule has 22 heavy (non-hydrogen) atoms. The summed E-state index contributed by atoms with van der Waals surface area (Å²) in [6.07, 6.45) is 2.03. The number of rotatable bonds is 8. The number of thioether (sulfide) groups is 1. The summed E-state index contributed by atoms with van der Waals surface area (Å²) in [5, 5.41) is 6.23. The summed E-state index contributed by atoms with van der Waals surface area (Å²) in [6, 6.07) is 3.48. The SMILES string of the molecule is CCNC(=NCCSC)NCCOc1ccc(F)c(F)c1.I. The highest BCUT2D eigenvalue weighted by Crippen LogP contribution is 2.14. The van der Waals surface area contributed by atoms with Crippen molar-refractivity contribution in [2.75, 3.05) is 38.2 Å². The van der Waals surface area contributed by atoms with Gasteiger partial charge >= 0.3 is 0 Å². The van der Waals surface area contributed by atoms with Gasteiger partial charge in [0.25, 0.3) is 0 Å². The molecule has 0 heterocycles. The smallest absolute Gasteiger partial charge is 0.191 e. The van der Waals surface area contributed by atoms with Crippen LogP contribution in [0.5, 0.6) is 5.75 Å². The lowest BCUT2D eigenvalue weighted by Gasteiger charge is -2.12. The molecule has 0 spiro atoms. The first-order chi connectivity index (χ1) is 10.2. The van der Waals surface area contributed by atoms with Gasteiger partial charge < -0.3 is 15.4 Å². The van der Waals surface area contributed by atoms with Crippen LogP contribution in [0.3, 0.4) is 0 Å². The molecule has 0 radical (unpaired) electrons. The molecule has 1 rings (SSSR count). The lowest BCUT2D eigenvalue weighted by Crippen LogP contribution is -2.39. The summed E-state index contributed by atoms with van der Waals surface area (Å²) >= 11 is 1.74. The molecule has 1 aromatic carbocycles. The van der Waals surface area contributed by atoms with Crippen LogP contribution in [0.2, 0.25) is 0 Å². The molecule has 0 aliphatic carbocycles. The zero-order chi connectivity index (χ0) is 15.5. The first-order valence-corrected chi connectivity index (χ1v) is 8.15. The number of nitrogens with zero attached hydrogens (tertiary/aromatic N) is 1. The quantitative estimate of drug-likeness (QED) is 0.280. The molecule has 8 heteroatoms. The molecule has 0 saturated heterocycles. The third kappa shape index (κ3) is 8.62. The Bertz CT molecular complexity index is 464. The highest BCUT2D eigenvalue weighted by molar-refractivity contribution is 14.0. The van der Waals surface area contributed by atoms with E-state index < -0.39 is 11.6 Å². The van der Waals surface area contributed by atoms with Crippen molar-refractivity contribution in [3.05, 3.63) is 29.8 Å². The predicted octanol–water partition coefficient (Wildman–Crippen LogP) is 2.88. The van der Waals surface area contributed by atoms with Gasteiger partial charge in [0.15, 0.2) is 17.6 Å². The summed E-state index contributed by atoms with van der Waals surface area (Å²) in [5.74, 6) is 0.200. The van der Waals surface area contributed by atoms with Crippen LogP contribution in [-0.4, -0.2) is 44.2 Å². The number of guanidine groups is 1. The van der Waals surface area contributed by atoms with E-state index in [4.69, 9.17) is 4.74 Å². The number of nitrogens with one attached hydrogen (secondary N) is 2. The van der Waals surface area contributed by atoms with Gasteiger partial charge in [-0.05, 0) is 25.3 Å². The van der Waals surface area contributed by atoms with E-state index in [1.54, 1.807) is 11.8 Å². The minimum Gasteiger partial charge on any atom is -0.492 e. The van der Waals surface area contributed by atoms with E-state index in [1.165, 1.54) is 6.07 Å². The van der Waals surface area contributed by atoms with Gasteiger partial charge in [0, 0.05) is 18.4 Å². The number of ether oxygens (including phenoxy) is 1. The van der Waals surface area contributed by atoms with Crippen LogP contribution in [0.4, 0.5) is 8.78 Å². The third-order valence-electron chi connectivity index (χ3n) is 2.46. The molecule has 0 amide bonds. The van der Waals surface area contributed by atoms with Crippen LogP contribution < -0.4 is 15.4 Å². The second-order valence-electron chi connectivity index (χ2n) is 4.10. The molecule has 0 aromatic heterocycles. The minimum absolute atomic E-state index is 0. The molecule has 4 nitrogen and oxygen atoms in total. The van der Waals surface area contributed by atoms with Crippen LogP contribution >= 0.6 is 35.7 Å². The topological polar surface area (TPSA) is 45.7 Å². The van der Waals surface area contributed by atoms with Crippen molar-refractivity contribution in [3.63, 3.8) is 0 Å². The van der Waals surface area contributed by atoms with Gasteiger partial charge in [-0.1, -0.05) is 0 Å². The average molecular weight is 445 g/mol. The lowest BCUT2D eigenvalue weighted by molar-refractivity contribution is 0.318. The van der Waals surface area contributed by atoms with E-state index in [0.29, 0.717) is 18.9 Å². The Balaban J connectivity index is 0.00000441. The molecule has 2 N–H and O–H groups in total. The van der Waals surface area contributed by atoms with E-state index >= 15 is 0 Å². The van der Waals surface area contributed by atoms with Crippen LogP contribution in [-0.2, 0) is 0 Å². The molecule has 126 valence electrons. The normalized spacial score (nSPS) is 10.8. The van der Waals surface area contributed by atoms with Crippen LogP contribution in [0.1, 0.15) is 6.92 Å². The number of benzene rings is 1. The van der Waals surface area contributed by atoms with Gasteiger partial charge in [-0.25, -0.2) is 8.78 Å². The Morgan fingerprint density at radius 2 is 2.05 bits per heavy atom. The largest absolute Gasteiger partial charge is 0.492 e. The van der Waals surface area contributed by atoms with Crippen LogP contribution in [0.15, 0.2) is 23.2 Å². The fourth-order valence-electron chi connectivity index (χ4n) is 1.50. The molecular weight excluding hydrogens is 423 g/mol. The maximum atomic E-state index is 13.0. The highest BCUT2D eigenvalue weighted by Gasteiger charge is 2.03. The monoisotopic (exact) mass is 445 g/mol.